The number of aromatic nitrogens is 2. The Kier molecular flexibility index (Phi) is 5.18. The molecule has 3 heteroatoms. The molecule has 1 N–H and O–H groups in total. The second-order valence-corrected chi connectivity index (χ2v) is 5.81. The predicted molar refractivity (Wildman–Crippen MR) is 85.8 cm³/mol. The molecule has 0 saturated carbocycles. The first kappa shape index (κ1) is 15.0. The number of hydrogen-bond donors (Lipinski definition) is 1. The molecule has 0 aliphatic carbocycles. The molecule has 0 bridgehead atoms. The maximum absolute atomic E-state index is 4.80. The number of fused-ring (bicyclic) bond motifs is 1. The average molecular weight is 273 g/mol. The number of hydrogen-bond acceptors (Lipinski definition) is 2. The van der Waals surface area contributed by atoms with Crippen LogP contribution in [0.5, 0.6) is 0 Å². The van der Waals surface area contributed by atoms with Crippen LogP contribution in [0.4, 0.5) is 0 Å². The van der Waals surface area contributed by atoms with E-state index >= 15 is 0 Å². The van der Waals surface area contributed by atoms with Gasteiger partial charge in [-0.15, -0.1) is 0 Å². The van der Waals surface area contributed by atoms with Crippen molar-refractivity contribution in [3.05, 3.63) is 30.1 Å². The molecule has 3 nitrogen and oxygen atoms in total. The maximum Gasteiger partial charge on any atom is 0.123 e. The highest BCUT2D eigenvalue weighted by Gasteiger charge is 2.13. The predicted octanol–water partition coefficient (Wildman–Crippen LogP) is 3.97. The first-order chi connectivity index (χ1) is 9.67. The Morgan fingerprint density at radius 1 is 1.20 bits per heavy atom. The third kappa shape index (κ3) is 3.21. The Balaban J connectivity index is 2.22. The summed E-state index contributed by atoms with van der Waals surface area (Å²) in [7, 11) is 0. The highest BCUT2D eigenvalue weighted by atomic mass is 15.1. The van der Waals surface area contributed by atoms with Crippen molar-refractivity contribution in [1.82, 2.24) is 14.9 Å². The molecule has 0 saturated heterocycles. The number of rotatable bonds is 7. The molecule has 20 heavy (non-hydrogen) atoms. The summed E-state index contributed by atoms with van der Waals surface area (Å²) in [5, 5.41) is 3.66. The molecule has 0 fully saturated rings. The molecular formula is C17H27N3. The van der Waals surface area contributed by atoms with Gasteiger partial charge in [0.15, 0.2) is 0 Å². The van der Waals surface area contributed by atoms with E-state index in [0.29, 0.717) is 12.0 Å². The standard InChI is InChI=1S/C17H27N3/c1-5-11-20-16-10-8-7-9-15(16)19-17(20)12-18-14(6-2)13(3)4/h7-10,13-14,18H,5-6,11-12H2,1-4H3. The Morgan fingerprint density at radius 3 is 2.60 bits per heavy atom. The van der Waals surface area contributed by atoms with E-state index in [2.05, 4.69) is 61.8 Å². The summed E-state index contributed by atoms with van der Waals surface area (Å²) < 4.78 is 2.36. The van der Waals surface area contributed by atoms with Gasteiger partial charge in [0.2, 0.25) is 0 Å². The molecular weight excluding hydrogens is 246 g/mol. The molecule has 1 heterocycles. The molecule has 110 valence electrons. The molecule has 1 atom stereocenters. The van der Waals surface area contributed by atoms with Crippen LogP contribution < -0.4 is 5.32 Å². The number of para-hydroxylation sites is 2. The Hall–Kier alpha value is -1.35. The first-order valence-electron chi connectivity index (χ1n) is 7.84. The zero-order valence-electron chi connectivity index (χ0n) is 13.2. The van der Waals surface area contributed by atoms with Gasteiger partial charge in [-0.05, 0) is 30.9 Å². The van der Waals surface area contributed by atoms with Crippen molar-refractivity contribution >= 4 is 11.0 Å². The molecule has 0 aliphatic rings. The van der Waals surface area contributed by atoms with Crippen LogP contribution in [0.25, 0.3) is 11.0 Å². The smallest absolute Gasteiger partial charge is 0.123 e. The van der Waals surface area contributed by atoms with Crippen molar-refractivity contribution in [1.29, 1.82) is 0 Å². The molecule has 0 spiro atoms. The van der Waals surface area contributed by atoms with Crippen LogP contribution in [-0.4, -0.2) is 15.6 Å². The Morgan fingerprint density at radius 2 is 1.95 bits per heavy atom. The highest BCUT2D eigenvalue weighted by molar-refractivity contribution is 5.75. The maximum atomic E-state index is 4.80. The van der Waals surface area contributed by atoms with Crippen LogP contribution in [0, 0.1) is 5.92 Å². The number of nitrogens with zero attached hydrogens (tertiary/aromatic N) is 2. The van der Waals surface area contributed by atoms with Crippen LogP contribution in [-0.2, 0) is 13.1 Å². The number of benzene rings is 1. The molecule has 1 aromatic heterocycles. The number of nitrogens with one attached hydrogen (secondary N) is 1. The lowest BCUT2D eigenvalue weighted by Crippen LogP contribution is -2.33. The van der Waals surface area contributed by atoms with Gasteiger partial charge in [-0.25, -0.2) is 4.98 Å². The molecule has 2 aromatic rings. The quantitative estimate of drug-likeness (QED) is 0.827. The highest BCUT2D eigenvalue weighted by Crippen LogP contribution is 2.17. The third-order valence-electron chi connectivity index (χ3n) is 3.95. The summed E-state index contributed by atoms with van der Waals surface area (Å²) in [5.74, 6) is 1.82. The fourth-order valence-electron chi connectivity index (χ4n) is 2.81. The van der Waals surface area contributed by atoms with Gasteiger partial charge in [0.05, 0.1) is 17.6 Å². The molecule has 0 radical (unpaired) electrons. The summed E-state index contributed by atoms with van der Waals surface area (Å²) >= 11 is 0. The number of imidazole rings is 1. The van der Waals surface area contributed by atoms with E-state index in [1.54, 1.807) is 0 Å². The summed E-state index contributed by atoms with van der Waals surface area (Å²) in [6.07, 6.45) is 2.29. The molecule has 2 rings (SSSR count). The van der Waals surface area contributed by atoms with Crippen molar-refractivity contribution in [3.63, 3.8) is 0 Å². The molecule has 0 aliphatic heterocycles. The van der Waals surface area contributed by atoms with Crippen LogP contribution in [0.1, 0.15) is 46.4 Å². The largest absolute Gasteiger partial charge is 0.327 e. The number of aryl methyl sites for hydroxylation is 1. The van der Waals surface area contributed by atoms with Gasteiger partial charge in [0.25, 0.3) is 0 Å². The summed E-state index contributed by atoms with van der Waals surface area (Å²) in [4.78, 5) is 4.80. The lowest BCUT2D eigenvalue weighted by atomic mass is 10.0. The van der Waals surface area contributed by atoms with Crippen LogP contribution in [0.15, 0.2) is 24.3 Å². The van der Waals surface area contributed by atoms with Gasteiger partial charge in [0.1, 0.15) is 5.82 Å². The molecule has 1 aromatic carbocycles. The zero-order valence-corrected chi connectivity index (χ0v) is 13.2. The second kappa shape index (κ2) is 6.89. The van der Waals surface area contributed by atoms with E-state index in [-0.39, 0.29) is 0 Å². The van der Waals surface area contributed by atoms with E-state index in [9.17, 15) is 0 Å². The van der Waals surface area contributed by atoms with Gasteiger partial charge in [0, 0.05) is 12.6 Å². The minimum Gasteiger partial charge on any atom is -0.327 e. The fraction of sp³-hybridized carbons (Fsp3) is 0.588. The molecule has 0 amide bonds. The van der Waals surface area contributed by atoms with E-state index in [1.165, 1.54) is 5.52 Å². The summed E-state index contributed by atoms with van der Waals surface area (Å²) in [5.41, 5.74) is 2.36. The minimum atomic E-state index is 0.560. The van der Waals surface area contributed by atoms with Crippen LogP contribution in [0.2, 0.25) is 0 Å². The van der Waals surface area contributed by atoms with Gasteiger partial charge in [-0.1, -0.05) is 39.8 Å². The normalized spacial score (nSPS) is 13.2. The monoisotopic (exact) mass is 273 g/mol. The van der Waals surface area contributed by atoms with E-state index in [4.69, 9.17) is 4.98 Å². The summed E-state index contributed by atoms with van der Waals surface area (Å²) in [6, 6.07) is 8.98. The van der Waals surface area contributed by atoms with E-state index in [1.807, 2.05) is 0 Å². The van der Waals surface area contributed by atoms with Crippen LogP contribution >= 0.6 is 0 Å². The van der Waals surface area contributed by atoms with Gasteiger partial charge < -0.3 is 9.88 Å². The second-order valence-electron chi connectivity index (χ2n) is 5.81. The lowest BCUT2D eigenvalue weighted by Gasteiger charge is -2.20. The third-order valence-corrected chi connectivity index (χ3v) is 3.95. The minimum absolute atomic E-state index is 0.560. The SMILES string of the molecule is CCCn1c(CNC(CC)C(C)C)nc2ccccc21. The Labute approximate surface area is 122 Å². The average Bonchev–Trinajstić information content (AvgIpc) is 2.78. The van der Waals surface area contributed by atoms with Crippen molar-refractivity contribution in [2.45, 2.75) is 59.7 Å². The van der Waals surface area contributed by atoms with Crippen molar-refractivity contribution in [2.75, 3.05) is 0 Å². The lowest BCUT2D eigenvalue weighted by molar-refractivity contribution is 0.380. The van der Waals surface area contributed by atoms with Crippen molar-refractivity contribution in [2.24, 2.45) is 5.92 Å². The zero-order chi connectivity index (χ0) is 14.5. The topological polar surface area (TPSA) is 29.9 Å². The molecule has 1 unspecified atom stereocenters. The Bertz CT molecular complexity index is 542. The van der Waals surface area contributed by atoms with Crippen molar-refractivity contribution < 1.29 is 0 Å². The van der Waals surface area contributed by atoms with E-state index < -0.39 is 0 Å². The first-order valence-corrected chi connectivity index (χ1v) is 7.84. The van der Waals surface area contributed by atoms with Crippen molar-refractivity contribution in [3.8, 4) is 0 Å². The summed E-state index contributed by atoms with van der Waals surface area (Å²) in [6.45, 7) is 10.9. The van der Waals surface area contributed by atoms with Gasteiger partial charge >= 0.3 is 0 Å². The fourth-order valence-corrected chi connectivity index (χ4v) is 2.81. The van der Waals surface area contributed by atoms with Crippen LogP contribution in [0.3, 0.4) is 0 Å². The van der Waals surface area contributed by atoms with Gasteiger partial charge in [-0.3, -0.25) is 0 Å². The van der Waals surface area contributed by atoms with E-state index in [0.717, 1.165) is 37.3 Å². The van der Waals surface area contributed by atoms with Gasteiger partial charge in [-0.2, -0.15) is 0 Å².